The molecule has 3 heteroatoms. The Labute approximate surface area is 283 Å². The zero-order chi connectivity index (χ0) is 32.3. The molecular formula is C46H29N3. The maximum Gasteiger partial charge on any atom is 0.0979 e. The average molecular weight is 624 g/mol. The van der Waals surface area contributed by atoms with E-state index in [1.165, 1.54) is 49.4 Å². The minimum absolute atomic E-state index is 0.867. The van der Waals surface area contributed by atoms with Gasteiger partial charge < -0.3 is 4.57 Å². The zero-order valence-corrected chi connectivity index (χ0v) is 26.6. The van der Waals surface area contributed by atoms with Gasteiger partial charge in [0, 0.05) is 32.7 Å². The van der Waals surface area contributed by atoms with Crippen molar-refractivity contribution in [1.29, 1.82) is 0 Å². The van der Waals surface area contributed by atoms with Crippen LogP contribution in [0.3, 0.4) is 0 Å². The predicted molar refractivity (Wildman–Crippen MR) is 205 cm³/mol. The van der Waals surface area contributed by atoms with Gasteiger partial charge in [-0.25, -0.2) is 4.98 Å². The first-order valence-corrected chi connectivity index (χ1v) is 16.7. The van der Waals surface area contributed by atoms with E-state index >= 15 is 0 Å². The van der Waals surface area contributed by atoms with Crippen LogP contribution >= 0.6 is 0 Å². The van der Waals surface area contributed by atoms with Crippen LogP contribution in [0.2, 0.25) is 0 Å². The maximum absolute atomic E-state index is 5.22. The molecule has 8 aromatic carbocycles. The minimum Gasteiger partial charge on any atom is -0.309 e. The van der Waals surface area contributed by atoms with Gasteiger partial charge in [-0.3, -0.25) is 4.98 Å². The molecule has 228 valence electrons. The summed E-state index contributed by atoms with van der Waals surface area (Å²) in [5, 5.41) is 7.19. The first-order chi connectivity index (χ1) is 24.3. The van der Waals surface area contributed by atoms with E-state index in [9.17, 15) is 0 Å². The molecule has 0 saturated carbocycles. The summed E-state index contributed by atoms with van der Waals surface area (Å²) in [5.41, 5.74) is 12.0. The summed E-state index contributed by atoms with van der Waals surface area (Å²) in [6.45, 7) is 0. The van der Waals surface area contributed by atoms with E-state index in [-0.39, 0.29) is 0 Å². The fraction of sp³-hybridized carbons (Fsp3) is 0. The molecule has 0 N–H and O–H groups in total. The van der Waals surface area contributed by atoms with Crippen molar-refractivity contribution in [2.24, 2.45) is 0 Å². The molecule has 0 fully saturated rings. The quantitative estimate of drug-likeness (QED) is 0.183. The normalized spacial score (nSPS) is 11.7. The predicted octanol–water partition coefficient (Wildman–Crippen LogP) is 12.0. The smallest absolute Gasteiger partial charge is 0.0979 e. The standard InChI is InChI=1S/C46H29N3/c1-3-19-39-35(15-1)36-16-2-4-20-40(36)46-45(39)47-29-41(48-46)33-13-11-12-32(28-33)30-24-26-31(27-25-30)34-14-5-8-21-42(34)49-43-22-9-6-17-37(43)38-18-7-10-23-44(38)49/h1-29H. The number of hydrogen-bond acceptors (Lipinski definition) is 2. The summed E-state index contributed by atoms with van der Waals surface area (Å²) in [6.07, 6.45) is 1.91. The second-order valence-electron chi connectivity index (χ2n) is 12.6. The molecule has 10 rings (SSSR count). The Morgan fingerprint density at radius 3 is 1.59 bits per heavy atom. The lowest BCUT2D eigenvalue weighted by Gasteiger charge is -2.14. The van der Waals surface area contributed by atoms with Crippen molar-refractivity contribution in [2.75, 3.05) is 0 Å². The molecule has 10 aromatic rings. The third-order valence-corrected chi connectivity index (χ3v) is 9.84. The van der Waals surface area contributed by atoms with Crippen LogP contribution in [-0.4, -0.2) is 14.5 Å². The minimum atomic E-state index is 0.867. The second-order valence-corrected chi connectivity index (χ2v) is 12.6. The van der Waals surface area contributed by atoms with Crippen LogP contribution in [-0.2, 0) is 0 Å². The Kier molecular flexibility index (Phi) is 6.18. The lowest BCUT2D eigenvalue weighted by molar-refractivity contribution is 1.18. The molecule has 0 bridgehead atoms. The van der Waals surface area contributed by atoms with E-state index in [4.69, 9.17) is 9.97 Å². The molecule has 0 unspecified atom stereocenters. The first-order valence-electron chi connectivity index (χ1n) is 16.7. The van der Waals surface area contributed by atoms with Crippen LogP contribution in [0.4, 0.5) is 0 Å². The Balaban J connectivity index is 1.05. The number of rotatable bonds is 4. The van der Waals surface area contributed by atoms with Gasteiger partial charge in [0.1, 0.15) is 0 Å². The van der Waals surface area contributed by atoms with E-state index < -0.39 is 0 Å². The Morgan fingerprint density at radius 1 is 0.367 bits per heavy atom. The highest BCUT2D eigenvalue weighted by molar-refractivity contribution is 6.23. The van der Waals surface area contributed by atoms with Crippen molar-refractivity contribution in [3.05, 3.63) is 176 Å². The fourth-order valence-corrected chi connectivity index (χ4v) is 7.56. The molecule has 0 aliphatic heterocycles. The molecular weight excluding hydrogens is 595 g/mol. The average Bonchev–Trinajstić information content (AvgIpc) is 3.52. The summed E-state index contributed by atoms with van der Waals surface area (Å²) in [7, 11) is 0. The summed E-state index contributed by atoms with van der Waals surface area (Å²) in [5.74, 6) is 0. The fourth-order valence-electron chi connectivity index (χ4n) is 7.56. The van der Waals surface area contributed by atoms with Crippen LogP contribution in [0.15, 0.2) is 176 Å². The van der Waals surface area contributed by atoms with Crippen molar-refractivity contribution in [1.82, 2.24) is 14.5 Å². The van der Waals surface area contributed by atoms with Crippen LogP contribution < -0.4 is 0 Å². The number of para-hydroxylation sites is 3. The molecule has 0 spiro atoms. The molecule has 0 radical (unpaired) electrons. The van der Waals surface area contributed by atoms with Gasteiger partial charge >= 0.3 is 0 Å². The molecule has 0 amide bonds. The van der Waals surface area contributed by atoms with Gasteiger partial charge in [-0.15, -0.1) is 0 Å². The summed E-state index contributed by atoms with van der Waals surface area (Å²) >= 11 is 0. The molecule has 49 heavy (non-hydrogen) atoms. The van der Waals surface area contributed by atoms with Crippen molar-refractivity contribution >= 4 is 54.4 Å². The second kappa shape index (κ2) is 11.0. The van der Waals surface area contributed by atoms with Gasteiger partial charge in [0.25, 0.3) is 0 Å². The van der Waals surface area contributed by atoms with E-state index in [0.29, 0.717) is 0 Å². The lowest BCUT2D eigenvalue weighted by Crippen LogP contribution is -1.97. The summed E-state index contributed by atoms with van der Waals surface area (Å²) in [6, 6.07) is 60.6. The van der Waals surface area contributed by atoms with Gasteiger partial charge in [0.05, 0.1) is 39.6 Å². The monoisotopic (exact) mass is 623 g/mol. The number of nitrogens with zero attached hydrogens (tertiary/aromatic N) is 3. The van der Waals surface area contributed by atoms with Crippen LogP contribution in [0.5, 0.6) is 0 Å². The van der Waals surface area contributed by atoms with Gasteiger partial charge in [-0.2, -0.15) is 0 Å². The van der Waals surface area contributed by atoms with Gasteiger partial charge in [0.2, 0.25) is 0 Å². The molecule has 0 aliphatic carbocycles. The molecule has 3 nitrogen and oxygen atoms in total. The first kappa shape index (κ1) is 27.5. The highest BCUT2D eigenvalue weighted by atomic mass is 15.0. The third kappa shape index (κ3) is 4.37. The van der Waals surface area contributed by atoms with E-state index in [1.807, 2.05) is 6.20 Å². The van der Waals surface area contributed by atoms with Gasteiger partial charge in [0.15, 0.2) is 0 Å². The largest absolute Gasteiger partial charge is 0.309 e. The summed E-state index contributed by atoms with van der Waals surface area (Å²) < 4.78 is 2.40. The van der Waals surface area contributed by atoms with Gasteiger partial charge in [-0.1, -0.05) is 146 Å². The maximum atomic E-state index is 5.22. The van der Waals surface area contributed by atoms with Gasteiger partial charge in [-0.05, 0) is 51.7 Å². The highest BCUT2D eigenvalue weighted by Gasteiger charge is 2.16. The lowest BCUT2D eigenvalue weighted by atomic mass is 9.97. The molecule has 2 heterocycles. The number of benzene rings is 8. The van der Waals surface area contributed by atoms with Crippen LogP contribution in [0, 0.1) is 0 Å². The molecule has 0 aliphatic rings. The summed E-state index contributed by atoms with van der Waals surface area (Å²) in [4.78, 5) is 10.2. The number of aromatic nitrogens is 3. The zero-order valence-electron chi connectivity index (χ0n) is 26.6. The molecule has 0 saturated heterocycles. The van der Waals surface area contributed by atoms with E-state index in [1.54, 1.807) is 0 Å². The van der Waals surface area contributed by atoms with Crippen molar-refractivity contribution in [3.63, 3.8) is 0 Å². The Bertz CT molecular complexity index is 2790. The van der Waals surface area contributed by atoms with E-state index in [0.717, 1.165) is 44.2 Å². The van der Waals surface area contributed by atoms with Crippen LogP contribution in [0.25, 0.3) is 93.6 Å². The topological polar surface area (TPSA) is 30.7 Å². The van der Waals surface area contributed by atoms with Crippen molar-refractivity contribution in [2.45, 2.75) is 0 Å². The number of fused-ring (bicyclic) bond motifs is 9. The van der Waals surface area contributed by atoms with E-state index in [2.05, 4.69) is 174 Å². The van der Waals surface area contributed by atoms with Crippen molar-refractivity contribution in [3.8, 4) is 39.2 Å². The Morgan fingerprint density at radius 2 is 0.898 bits per heavy atom. The Hall–Kier alpha value is -6.58. The molecule has 2 aromatic heterocycles. The third-order valence-electron chi connectivity index (χ3n) is 9.84. The highest BCUT2D eigenvalue weighted by Crippen LogP contribution is 2.38. The van der Waals surface area contributed by atoms with Crippen molar-refractivity contribution < 1.29 is 0 Å². The van der Waals surface area contributed by atoms with Crippen LogP contribution in [0.1, 0.15) is 0 Å². The SMILES string of the molecule is c1cc(-c2ccc(-c3ccccc3-n3c4ccccc4c4ccccc43)cc2)cc(-c2cnc3c4ccccc4c4ccccc4c3n2)c1. The molecule has 0 atom stereocenters. The number of hydrogen-bond donors (Lipinski definition) is 0.